The first-order valence-corrected chi connectivity index (χ1v) is 4.10. The first-order chi connectivity index (χ1) is 5.46. The fraction of sp³-hybridized carbons (Fsp3) is 0.500. The van der Waals surface area contributed by atoms with Gasteiger partial charge < -0.3 is 9.47 Å². The Morgan fingerprint density at radius 1 is 1.58 bits per heavy atom. The number of rotatable bonds is 1. The maximum Gasteiger partial charge on any atom is 0.341 e. The van der Waals surface area contributed by atoms with Gasteiger partial charge in [0.05, 0.1) is 13.4 Å². The Labute approximate surface area is 84.2 Å². The first kappa shape index (κ1) is 9.96. The van der Waals surface area contributed by atoms with Crippen molar-refractivity contribution in [1.29, 1.82) is 0 Å². The number of carbonyl (C=O) groups is 1. The molecule has 1 fully saturated rings. The van der Waals surface area contributed by atoms with E-state index in [1.165, 1.54) is 13.4 Å². The summed E-state index contributed by atoms with van der Waals surface area (Å²) in [6.45, 7) is 0. The third-order valence-corrected chi connectivity index (χ3v) is 1.88. The molecule has 0 aromatic rings. The zero-order chi connectivity index (χ0) is 9.35. The predicted molar refractivity (Wildman–Crippen MR) is 45.3 cm³/mol. The Morgan fingerprint density at radius 2 is 2.17 bits per heavy atom. The second-order valence-corrected chi connectivity index (χ2v) is 4.50. The van der Waals surface area contributed by atoms with E-state index in [9.17, 15) is 4.79 Å². The molecular weight excluding hydrogens is 226 g/mol. The van der Waals surface area contributed by atoms with Crippen LogP contribution in [0.1, 0.15) is 0 Å². The van der Waals surface area contributed by atoms with Crippen LogP contribution in [-0.2, 0) is 14.3 Å². The molecule has 0 amide bonds. The summed E-state index contributed by atoms with van der Waals surface area (Å²) in [5, 5.41) is 0. The summed E-state index contributed by atoms with van der Waals surface area (Å²) in [5.74, 6) is -0.520. The highest BCUT2D eigenvalue weighted by atomic mass is 35.6. The topological polar surface area (TPSA) is 35.5 Å². The Kier molecular flexibility index (Phi) is 2.76. The number of hydrogen-bond acceptors (Lipinski definition) is 3. The van der Waals surface area contributed by atoms with E-state index in [4.69, 9.17) is 34.8 Å². The lowest BCUT2D eigenvalue weighted by Gasteiger charge is -2.33. The zero-order valence-corrected chi connectivity index (χ0v) is 8.28. The van der Waals surface area contributed by atoms with Gasteiger partial charge in [-0.2, -0.15) is 0 Å². The van der Waals surface area contributed by atoms with Crippen molar-refractivity contribution in [3.63, 3.8) is 0 Å². The molecule has 1 aliphatic heterocycles. The summed E-state index contributed by atoms with van der Waals surface area (Å²) in [5.41, 5.74) is 0.234. The lowest BCUT2D eigenvalue weighted by molar-refractivity contribution is -0.156. The second-order valence-electron chi connectivity index (χ2n) is 2.14. The van der Waals surface area contributed by atoms with E-state index in [0.717, 1.165) is 0 Å². The largest absolute Gasteiger partial charge is 0.504 e. The summed E-state index contributed by atoms with van der Waals surface area (Å²) in [6, 6.07) is 0. The van der Waals surface area contributed by atoms with Crippen molar-refractivity contribution in [3.8, 4) is 0 Å². The van der Waals surface area contributed by atoms with E-state index in [1.54, 1.807) is 0 Å². The molecule has 1 unspecified atom stereocenters. The number of hydrogen-bond donors (Lipinski definition) is 0. The maximum absolute atomic E-state index is 10.7. The molecule has 1 saturated heterocycles. The van der Waals surface area contributed by atoms with Gasteiger partial charge in [0.15, 0.2) is 6.10 Å². The Balaban J connectivity index is 2.73. The lowest BCUT2D eigenvalue weighted by Crippen LogP contribution is -2.45. The monoisotopic (exact) mass is 230 g/mol. The van der Waals surface area contributed by atoms with E-state index in [1.807, 2.05) is 0 Å². The van der Waals surface area contributed by atoms with Crippen LogP contribution >= 0.6 is 34.8 Å². The van der Waals surface area contributed by atoms with E-state index in [2.05, 4.69) is 9.47 Å². The first-order valence-electron chi connectivity index (χ1n) is 2.97. The van der Waals surface area contributed by atoms with E-state index in [-0.39, 0.29) is 5.57 Å². The average molecular weight is 231 g/mol. The van der Waals surface area contributed by atoms with Crippen LogP contribution in [0.2, 0.25) is 0 Å². The number of halogens is 3. The smallest absolute Gasteiger partial charge is 0.341 e. The Bertz CT molecular complexity index is 231. The van der Waals surface area contributed by atoms with Gasteiger partial charge >= 0.3 is 5.97 Å². The van der Waals surface area contributed by atoms with Gasteiger partial charge in [-0.3, -0.25) is 0 Å². The minimum atomic E-state index is -1.63. The van der Waals surface area contributed by atoms with Crippen LogP contribution in [-0.4, -0.2) is 23.0 Å². The van der Waals surface area contributed by atoms with Crippen LogP contribution in [0, 0.1) is 0 Å². The molecule has 0 aliphatic carbocycles. The van der Waals surface area contributed by atoms with Gasteiger partial charge in [0.2, 0.25) is 3.79 Å². The molecule has 3 nitrogen and oxygen atoms in total. The number of carbonyl (C=O) groups excluding carboxylic acids is 1. The van der Waals surface area contributed by atoms with Gasteiger partial charge in [0, 0.05) is 0 Å². The molecule has 0 aromatic carbocycles. The van der Waals surface area contributed by atoms with Gasteiger partial charge in [-0.1, -0.05) is 34.8 Å². The van der Waals surface area contributed by atoms with Crippen molar-refractivity contribution in [2.75, 3.05) is 7.11 Å². The average Bonchev–Trinajstić information content (AvgIpc) is 1.93. The highest BCUT2D eigenvalue weighted by Gasteiger charge is 2.49. The molecule has 0 bridgehead atoms. The second kappa shape index (κ2) is 3.32. The molecule has 0 spiro atoms. The quantitative estimate of drug-likeness (QED) is 0.299. The number of alkyl halides is 3. The Hall–Kier alpha value is -0.120. The van der Waals surface area contributed by atoms with Gasteiger partial charge in [0.1, 0.15) is 5.57 Å². The molecule has 1 rings (SSSR count). The van der Waals surface area contributed by atoms with E-state index in [0.29, 0.717) is 0 Å². The van der Waals surface area contributed by atoms with Crippen molar-refractivity contribution in [3.05, 3.63) is 11.8 Å². The fourth-order valence-corrected chi connectivity index (χ4v) is 1.25. The fourth-order valence-electron chi connectivity index (χ4n) is 0.768. The molecule has 0 radical (unpaired) electrons. The van der Waals surface area contributed by atoms with Gasteiger partial charge in [-0.05, 0) is 0 Å². The summed E-state index contributed by atoms with van der Waals surface area (Å²) >= 11 is 16.5. The van der Waals surface area contributed by atoms with Crippen molar-refractivity contribution in [2.24, 2.45) is 0 Å². The number of ether oxygens (including phenoxy) is 2. The van der Waals surface area contributed by atoms with Crippen LogP contribution in [0.3, 0.4) is 0 Å². The predicted octanol–water partition coefficient (Wildman–Crippen LogP) is 1.81. The summed E-state index contributed by atoms with van der Waals surface area (Å²) in [6.07, 6.45) is 0.383. The van der Waals surface area contributed by atoms with E-state index >= 15 is 0 Å². The Morgan fingerprint density at radius 3 is 2.50 bits per heavy atom. The molecule has 1 heterocycles. The number of methoxy groups -OCH3 is 1. The van der Waals surface area contributed by atoms with Gasteiger partial charge in [0.25, 0.3) is 0 Å². The van der Waals surface area contributed by atoms with Crippen LogP contribution in [0.25, 0.3) is 0 Å². The normalized spacial score (nSPS) is 26.5. The number of esters is 1. The zero-order valence-electron chi connectivity index (χ0n) is 6.01. The van der Waals surface area contributed by atoms with Crippen LogP contribution < -0.4 is 0 Å². The minimum Gasteiger partial charge on any atom is -0.504 e. The van der Waals surface area contributed by atoms with E-state index < -0.39 is 15.9 Å². The van der Waals surface area contributed by atoms with Crippen LogP contribution in [0.15, 0.2) is 11.8 Å². The van der Waals surface area contributed by atoms with Gasteiger partial charge in [-0.15, -0.1) is 0 Å². The maximum atomic E-state index is 10.7. The summed E-state index contributed by atoms with van der Waals surface area (Å²) in [4.78, 5) is 10.7. The molecule has 0 saturated carbocycles. The standard InChI is InChI=1S/C6H5Cl3O3/c1-11-2-3-4(6(7,8)9)12-5(3)10/h2,4H,1H3/b3-2+. The third-order valence-electron chi connectivity index (χ3n) is 1.29. The highest BCUT2D eigenvalue weighted by molar-refractivity contribution is 6.68. The number of cyclic esters (lactones) is 1. The van der Waals surface area contributed by atoms with Crippen molar-refractivity contribution in [2.45, 2.75) is 9.90 Å². The molecular formula is C6H5Cl3O3. The molecule has 68 valence electrons. The van der Waals surface area contributed by atoms with Crippen LogP contribution in [0.5, 0.6) is 0 Å². The van der Waals surface area contributed by atoms with Crippen molar-refractivity contribution >= 4 is 40.8 Å². The molecule has 12 heavy (non-hydrogen) atoms. The van der Waals surface area contributed by atoms with Gasteiger partial charge in [-0.25, -0.2) is 4.79 Å². The molecule has 0 N–H and O–H groups in total. The molecule has 0 aromatic heterocycles. The summed E-state index contributed by atoms with van der Waals surface area (Å²) < 4.78 is 7.56. The molecule has 6 heteroatoms. The van der Waals surface area contributed by atoms with Crippen molar-refractivity contribution in [1.82, 2.24) is 0 Å². The highest BCUT2D eigenvalue weighted by Crippen LogP contribution is 2.41. The van der Waals surface area contributed by atoms with Crippen molar-refractivity contribution < 1.29 is 14.3 Å². The molecule has 1 aliphatic rings. The third kappa shape index (κ3) is 1.79. The molecule has 1 atom stereocenters. The summed E-state index contributed by atoms with van der Waals surface area (Å²) in [7, 11) is 1.40. The van der Waals surface area contributed by atoms with Crippen LogP contribution in [0.4, 0.5) is 0 Å². The SMILES string of the molecule is CO/C=C1/C(=O)OC1C(Cl)(Cl)Cl. The lowest BCUT2D eigenvalue weighted by atomic mass is 10.1. The minimum absolute atomic E-state index is 0.234.